The molecule has 0 aromatic carbocycles. The fourth-order valence-electron chi connectivity index (χ4n) is 1.94. The number of esters is 1. The van der Waals surface area contributed by atoms with Gasteiger partial charge in [0.1, 0.15) is 12.2 Å². The molecule has 0 fully saturated rings. The summed E-state index contributed by atoms with van der Waals surface area (Å²) in [5, 5.41) is 0. The van der Waals surface area contributed by atoms with Gasteiger partial charge in [-0.15, -0.1) is 0 Å². The zero-order valence-corrected chi connectivity index (χ0v) is 13.1. The molecule has 0 spiro atoms. The number of rotatable bonds is 10. The molecule has 5 heteroatoms. The lowest BCUT2D eigenvalue weighted by Crippen LogP contribution is -2.45. The smallest absolute Gasteiger partial charge is 0.314 e. The lowest BCUT2D eigenvalue weighted by atomic mass is 9.94. The summed E-state index contributed by atoms with van der Waals surface area (Å²) >= 11 is 0. The van der Waals surface area contributed by atoms with Crippen LogP contribution >= 0.6 is 0 Å². The van der Waals surface area contributed by atoms with E-state index in [0.29, 0.717) is 31.8 Å². The van der Waals surface area contributed by atoms with E-state index in [-0.39, 0.29) is 5.97 Å². The average molecular weight is 286 g/mol. The van der Waals surface area contributed by atoms with Crippen molar-refractivity contribution in [3.63, 3.8) is 0 Å². The summed E-state index contributed by atoms with van der Waals surface area (Å²) in [5.41, 5.74) is 0.564. The molecule has 0 aromatic heterocycles. The quantitative estimate of drug-likeness (QED) is 0.267. The first kappa shape index (κ1) is 18.8. The van der Waals surface area contributed by atoms with Gasteiger partial charge in [-0.05, 0) is 46.6 Å². The molecule has 0 heterocycles. The number of carbonyl (C=O) groups is 2. The third-order valence-corrected chi connectivity index (χ3v) is 2.93. The molecule has 0 aliphatic rings. The Morgan fingerprint density at radius 3 is 2.10 bits per heavy atom. The highest BCUT2D eigenvalue weighted by atomic mass is 16.7. The minimum absolute atomic E-state index is 0.292. The van der Waals surface area contributed by atoms with Crippen LogP contribution in [0.2, 0.25) is 0 Å². The van der Waals surface area contributed by atoms with Crippen LogP contribution in [0.15, 0.2) is 11.6 Å². The normalized spacial score (nSPS) is 13.9. The van der Waals surface area contributed by atoms with E-state index in [1.54, 1.807) is 26.8 Å². The van der Waals surface area contributed by atoms with Gasteiger partial charge >= 0.3 is 5.97 Å². The van der Waals surface area contributed by atoms with E-state index < -0.39 is 11.7 Å². The highest BCUT2D eigenvalue weighted by Gasteiger charge is 2.41. The van der Waals surface area contributed by atoms with Crippen LogP contribution in [-0.2, 0) is 23.8 Å². The second kappa shape index (κ2) is 9.66. The second-order valence-electron chi connectivity index (χ2n) is 4.49. The molecule has 0 rings (SSSR count). The minimum atomic E-state index is -1.06. The molecule has 1 atom stereocenters. The first-order valence-electron chi connectivity index (χ1n) is 7.01. The Hall–Kier alpha value is -1.20. The SMILES string of the molecule is CCOC(=O)C(CC=C(C)C=O)C(C)(OCC)OCC. The van der Waals surface area contributed by atoms with Crippen molar-refractivity contribution in [3.8, 4) is 0 Å². The van der Waals surface area contributed by atoms with E-state index in [0.717, 1.165) is 6.29 Å². The van der Waals surface area contributed by atoms with Crippen molar-refractivity contribution >= 4 is 12.3 Å². The van der Waals surface area contributed by atoms with Gasteiger partial charge < -0.3 is 14.2 Å². The maximum Gasteiger partial charge on any atom is 0.314 e. The Balaban J connectivity index is 5.23. The van der Waals surface area contributed by atoms with Crippen molar-refractivity contribution in [1.29, 1.82) is 0 Å². The van der Waals surface area contributed by atoms with Crippen molar-refractivity contribution in [3.05, 3.63) is 11.6 Å². The summed E-state index contributed by atoms with van der Waals surface area (Å²) < 4.78 is 16.3. The Morgan fingerprint density at radius 2 is 1.70 bits per heavy atom. The Labute approximate surface area is 121 Å². The van der Waals surface area contributed by atoms with Crippen LogP contribution in [0.1, 0.15) is 41.0 Å². The van der Waals surface area contributed by atoms with Crippen LogP contribution in [0.4, 0.5) is 0 Å². The van der Waals surface area contributed by atoms with Crippen LogP contribution in [0.5, 0.6) is 0 Å². The van der Waals surface area contributed by atoms with E-state index in [1.807, 2.05) is 13.8 Å². The molecule has 0 aliphatic carbocycles. The third-order valence-electron chi connectivity index (χ3n) is 2.93. The van der Waals surface area contributed by atoms with E-state index >= 15 is 0 Å². The largest absolute Gasteiger partial charge is 0.466 e. The maximum atomic E-state index is 12.1. The van der Waals surface area contributed by atoms with Crippen LogP contribution < -0.4 is 0 Å². The van der Waals surface area contributed by atoms with Crippen molar-refractivity contribution < 1.29 is 23.8 Å². The van der Waals surface area contributed by atoms with Gasteiger partial charge in [-0.3, -0.25) is 9.59 Å². The molecule has 1 unspecified atom stereocenters. The number of hydrogen-bond acceptors (Lipinski definition) is 5. The lowest BCUT2D eigenvalue weighted by molar-refractivity contribution is -0.253. The molecule has 0 bridgehead atoms. The second-order valence-corrected chi connectivity index (χ2v) is 4.49. The number of hydrogen-bond donors (Lipinski definition) is 0. The number of carbonyl (C=O) groups excluding carboxylic acids is 2. The van der Waals surface area contributed by atoms with E-state index in [1.165, 1.54) is 0 Å². The number of ether oxygens (including phenoxy) is 3. The van der Waals surface area contributed by atoms with Gasteiger partial charge in [0.05, 0.1) is 6.61 Å². The van der Waals surface area contributed by atoms with E-state index in [2.05, 4.69) is 0 Å². The fraction of sp³-hybridized carbons (Fsp3) is 0.733. The number of allylic oxidation sites excluding steroid dienone is 2. The molecule has 0 amide bonds. The predicted molar refractivity (Wildman–Crippen MR) is 76.2 cm³/mol. The van der Waals surface area contributed by atoms with Gasteiger partial charge in [0.15, 0.2) is 5.79 Å². The molecule has 0 aromatic rings. The first-order valence-corrected chi connectivity index (χ1v) is 7.01. The summed E-state index contributed by atoms with van der Waals surface area (Å²) in [6, 6.07) is 0. The summed E-state index contributed by atoms with van der Waals surface area (Å²) in [6.07, 6.45) is 2.78. The zero-order chi connectivity index (χ0) is 15.6. The zero-order valence-electron chi connectivity index (χ0n) is 13.1. The highest BCUT2D eigenvalue weighted by molar-refractivity contribution is 5.75. The van der Waals surface area contributed by atoms with Crippen LogP contribution in [-0.4, -0.2) is 37.9 Å². The van der Waals surface area contributed by atoms with Crippen LogP contribution in [0.3, 0.4) is 0 Å². The number of aldehydes is 1. The molecule has 20 heavy (non-hydrogen) atoms. The van der Waals surface area contributed by atoms with Gasteiger partial charge in [-0.2, -0.15) is 0 Å². The molecular formula is C15H26O5. The Morgan fingerprint density at radius 1 is 1.15 bits per heavy atom. The van der Waals surface area contributed by atoms with Gasteiger partial charge in [0.25, 0.3) is 0 Å². The van der Waals surface area contributed by atoms with Crippen molar-refractivity contribution in [2.45, 2.75) is 46.8 Å². The molecule has 0 saturated heterocycles. The minimum Gasteiger partial charge on any atom is -0.466 e. The maximum absolute atomic E-state index is 12.1. The predicted octanol–water partition coefficient (Wildman–Crippen LogP) is 2.49. The summed E-state index contributed by atoms with van der Waals surface area (Å²) in [5.74, 6) is -2.06. The van der Waals surface area contributed by atoms with Gasteiger partial charge in [-0.25, -0.2) is 0 Å². The lowest BCUT2D eigenvalue weighted by Gasteiger charge is -2.35. The first-order chi connectivity index (χ1) is 9.45. The van der Waals surface area contributed by atoms with E-state index in [4.69, 9.17) is 14.2 Å². The summed E-state index contributed by atoms with van der Waals surface area (Å²) in [6.45, 7) is 9.98. The Kier molecular flexibility index (Phi) is 9.08. The monoisotopic (exact) mass is 286 g/mol. The van der Waals surface area contributed by atoms with Crippen molar-refractivity contribution in [2.75, 3.05) is 19.8 Å². The van der Waals surface area contributed by atoms with Gasteiger partial charge in [-0.1, -0.05) is 6.08 Å². The molecule has 0 saturated carbocycles. The molecule has 0 radical (unpaired) electrons. The van der Waals surface area contributed by atoms with E-state index in [9.17, 15) is 9.59 Å². The summed E-state index contributed by atoms with van der Waals surface area (Å²) in [4.78, 5) is 22.8. The van der Waals surface area contributed by atoms with Gasteiger partial charge in [0, 0.05) is 13.2 Å². The van der Waals surface area contributed by atoms with Crippen molar-refractivity contribution in [2.24, 2.45) is 5.92 Å². The molecular weight excluding hydrogens is 260 g/mol. The molecule has 5 nitrogen and oxygen atoms in total. The van der Waals surface area contributed by atoms with Crippen LogP contribution in [0.25, 0.3) is 0 Å². The van der Waals surface area contributed by atoms with Crippen molar-refractivity contribution in [1.82, 2.24) is 0 Å². The van der Waals surface area contributed by atoms with Gasteiger partial charge in [0.2, 0.25) is 0 Å². The fourth-order valence-corrected chi connectivity index (χ4v) is 1.94. The molecule has 116 valence electrons. The topological polar surface area (TPSA) is 61.8 Å². The molecule has 0 N–H and O–H groups in total. The van der Waals surface area contributed by atoms with Crippen LogP contribution in [0, 0.1) is 5.92 Å². The summed E-state index contributed by atoms with van der Waals surface area (Å²) in [7, 11) is 0. The average Bonchev–Trinajstić information content (AvgIpc) is 2.39. The molecule has 0 aliphatic heterocycles. The Bertz CT molecular complexity index is 329. The highest BCUT2D eigenvalue weighted by Crippen LogP contribution is 2.28. The third kappa shape index (κ3) is 5.84. The standard InChI is InChI=1S/C15H26O5/c1-6-18-14(17)13(10-9-12(4)11-16)15(5,19-7-2)20-8-3/h9,11,13H,6-8,10H2,1-5H3.